The molecule has 1 aromatic carbocycles. The third-order valence-electron chi connectivity index (χ3n) is 4.04. The number of halogens is 3. The zero-order valence-electron chi connectivity index (χ0n) is 14.9. The number of nitrogens with zero attached hydrogens (tertiary/aromatic N) is 1. The largest absolute Gasteiger partial charge is 0.478 e. The predicted octanol–water partition coefficient (Wildman–Crippen LogP) is 2.96. The highest BCUT2D eigenvalue weighted by Crippen LogP contribution is 2.37. The SMILES string of the molecule is C[C@H]1CNCCN1c1cc(C(F)(F)F)cc2ccoc12.O=C(O)/C=C/C(=O)O. The van der Waals surface area contributed by atoms with Crippen LogP contribution in [0.3, 0.4) is 0 Å². The summed E-state index contributed by atoms with van der Waals surface area (Å²) in [6.45, 7) is 4.15. The van der Waals surface area contributed by atoms with Crippen molar-refractivity contribution in [2.24, 2.45) is 0 Å². The lowest BCUT2D eigenvalue weighted by molar-refractivity contribution is -0.137. The van der Waals surface area contributed by atoms with Crippen LogP contribution in [-0.2, 0) is 15.8 Å². The average molecular weight is 400 g/mol. The molecule has 0 amide bonds. The molecule has 0 radical (unpaired) electrons. The summed E-state index contributed by atoms with van der Waals surface area (Å²) < 4.78 is 44.4. The molecule has 1 saturated heterocycles. The van der Waals surface area contributed by atoms with Crippen molar-refractivity contribution in [2.75, 3.05) is 24.5 Å². The highest BCUT2D eigenvalue weighted by molar-refractivity contribution is 5.91. The molecule has 0 spiro atoms. The summed E-state index contributed by atoms with van der Waals surface area (Å²) in [5, 5.41) is 19.3. The van der Waals surface area contributed by atoms with E-state index in [0.29, 0.717) is 35.4 Å². The summed E-state index contributed by atoms with van der Waals surface area (Å²) in [4.78, 5) is 21.1. The quantitative estimate of drug-likeness (QED) is 0.681. The van der Waals surface area contributed by atoms with Gasteiger partial charge in [-0.15, -0.1) is 0 Å². The number of hydrogen-bond acceptors (Lipinski definition) is 5. The normalized spacial score (nSPS) is 17.4. The van der Waals surface area contributed by atoms with E-state index in [-0.39, 0.29) is 6.04 Å². The van der Waals surface area contributed by atoms with Crippen LogP contribution >= 0.6 is 0 Å². The van der Waals surface area contributed by atoms with Gasteiger partial charge >= 0.3 is 18.1 Å². The smallest absolute Gasteiger partial charge is 0.416 e. The highest BCUT2D eigenvalue weighted by atomic mass is 19.4. The summed E-state index contributed by atoms with van der Waals surface area (Å²) in [5.41, 5.74) is 0.410. The van der Waals surface area contributed by atoms with Crippen molar-refractivity contribution in [1.29, 1.82) is 0 Å². The fraction of sp³-hybridized carbons (Fsp3) is 0.333. The van der Waals surface area contributed by atoms with Crippen molar-refractivity contribution < 1.29 is 37.4 Å². The van der Waals surface area contributed by atoms with Gasteiger partial charge in [-0.3, -0.25) is 0 Å². The molecule has 2 aromatic rings. The van der Waals surface area contributed by atoms with Gasteiger partial charge in [0.1, 0.15) is 0 Å². The molecule has 1 aliphatic rings. The molecule has 2 heterocycles. The van der Waals surface area contributed by atoms with Crippen LogP contribution in [0.15, 0.2) is 41.0 Å². The Labute approximate surface area is 158 Å². The van der Waals surface area contributed by atoms with Gasteiger partial charge in [-0.2, -0.15) is 13.2 Å². The van der Waals surface area contributed by atoms with Gasteiger partial charge in [0.15, 0.2) is 5.58 Å². The lowest BCUT2D eigenvalue weighted by atomic mass is 10.1. The third kappa shape index (κ3) is 5.49. The van der Waals surface area contributed by atoms with Crippen molar-refractivity contribution >= 4 is 28.6 Å². The number of benzene rings is 1. The molecule has 0 unspecified atom stereocenters. The Balaban J connectivity index is 0.000000300. The van der Waals surface area contributed by atoms with Crippen LogP contribution in [0.2, 0.25) is 0 Å². The first-order chi connectivity index (χ1) is 13.1. The summed E-state index contributed by atoms with van der Waals surface area (Å²) in [5.74, 6) is -2.51. The zero-order valence-corrected chi connectivity index (χ0v) is 14.9. The van der Waals surface area contributed by atoms with Crippen molar-refractivity contribution in [3.63, 3.8) is 0 Å². The van der Waals surface area contributed by atoms with Gasteiger partial charge in [0.05, 0.1) is 17.5 Å². The number of alkyl halides is 3. The summed E-state index contributed by atoms with van der Waals surface area (Å²) >= 11 is 0. The van der Waals surface area contributed by atoms with Crippen molar-refractivity contribution in [1.82, 2.24) is 5.32 Å². The highest BCUT2D eigenvalue weighted by Gasteiger charge is 2.33. The first-order valence-corrected chi connectivity index (χ1v) is 8.29. The molecule has 28 heavy (non-hydrogen) atoms. The molecule has 3 N–H and O–H groups in total. The van der Waals surface area contributed by atoms with Crippen LogP contribution < -0.4 is 10.2 Å². The molecule has 152 valence electrons. The molecular weight excluding hydrogens is 381 g/mol. The van der Waals surface area contributed by atoms with E-state index in [1.807, 2.05) is 11.8 Å². The number of fused-ring (bicyclic) bond motifs is 1. The molecule has 7 nitrogen and oxygen atoms in total. The van der Waals surface area contributed by atoms with Crippen LogP contribution in [0.25, 0.3) is 11.0 Å². The van der Waals surface area contributed by atoms with E-state index >= 15 is 0 Å². The Hall–Kier alpha value is -3.01. The number of nitrogens with one attached hydrogen (secondary N) is 1. The molecule has 1 aromatic heterocycles. The van der Waals surface area contributed by atoms with Gasteiger partial charge in [0, 0.05) is 43.2 Å². The number of aliphatic carboxylic acids is 2. The average Bonchev–Trinajstić information content (AvgIpc) is 3.08. The number of carboxylic acids is 2. The zero-order chi connectivity index (χ0) is 20.9. The maximum atomic E-state index is 13.0. The Morgan fingerprint density at radius 2 is 1.89 bits per heavy atom. The fourth-order valence-corrected chi connectivity index (χ4v) is 2.78. The topological polar surface area (TPSA) is 103 Å². The Kier molecular flexibility index (Phi) is 6.68. The van der Waals surface area contributed by atoms with Crippen molar-refractivity contribution in [2.45, 2.75) is 19.1 Å². The van der Waals surface area contributed by atoms with E-state index in [2.05, 4.69) is 5.32 Å². The molecule has 0 saturated carbocycles. The minimum Gasteiger partial charge on any atom is -0.478 e. The maximum Gasteiger partial charge on any atom is 0.416 e. The molecule has 0 aliphatic carbocycles. The van der Waals surface area contributed by atoms with E-state index < -0.39 is 23.7 Å². The van der Waals surface area contributed by atoms with Gasteiger partial charge in [0.25, 0.3) is 0 Å². The maximum absolute atomic E-state index is 13.0. The van der Waals surface area contributed by atoms with Gasteiger partial charge in [-0.25, -0.2) is 9.59 Å². The third-order valence-corrected chi connectivity index (χ3v) is 4.04. The Morgan fingerprint density at radius 3 is 2.43 bits per heavy atom. The van der Waals surface area contributed by atoms with E-state index in [1.165, 1.54) is 12.3 Å². The lowest BCUT2D eigenvalue weighted by Gasteiger charge is -2.36. The minimum absolute atomic E-state index is 0.125. The number of piperazine rings is 1. The summed E-state index contributed by atoms with van der Waals surface area (Å²) in [7, 11) is 0. The first-order valence-electron chi connectivity index (χ1n) is 8.29. The monoisotopic (exact) mass is 400 g/mol. The molecule has 3 rings (SSSR count). The van der Waals surface area contributed by atoms with Crippen LogP contribution in [0, 0.1) is 0 Å². The van der Waals surface area contributed by atoms with E-state index in [1.54, 1.807) is 6.07 Å². The second-order valence-electron chi connectivity index (χ2n) is 6.09. The molecule has 10 heteroatoms. The predicted molar refractivity (Wildman–Crippen MR) is 95.3 cm³/mol. The van der Waals surface area contributed by atoms with Gasteiger partial charge in [-0.05, 0) is 25.1 Å². The molecular formula is C18H19F3N2O5. The Morgan fingerprint density at radius 1 is 1.25 bits per heavy atom. The van der Waals surface area contributed by atoms with E-state index in [4.69, 9.17) is 14.6 Å². The number of furan rings is 1. The van der Waals surface area contributed by atoms with Crippen molar-refractivity contribution in [3.05, 3.63) is 42.2 Å². The van der Waals surface area contributed by atoms with Gasteiger partial charge in [-0.1, -0.05) is 0 Å². The number of hydrogen-bond donors (Lipinski definition) is 3. The number of carbonyl (C=O) groups is 2. The van der Waals surface area contributed by atoms with Gasteiger partial charge < -0.3 is 24.8 Å². The molecule has 1 aliphatic heterocycles. The Bertz CT molecular complexity index is 860. The van der Waals surface area contributed by atoms with E-state index in [0.717, 1.165) is 19.2 Å². The fourth-order valence-electron chi connectivity index (χ4n) is 2.78. The minimum atomic E-state index is -4.35. The molecule has 0 bridgehead atoms. The lowest BCUT2D eigenvalue weighted by Crippen LogP contribution is -2.50. The van der Waals surface area contributed by atoms with Crippen LogP contribution in [0.4, 0.5) is 18.9 Å². The second kappa shape index (κ2) is 8.79. The van der Waals surface area contributed by atoms with Crippen LogP contribution in [0.1, 0.15) is 12.5 Å². The first kappa shape index (κ1) is 21.3. The van der Waals surface area contributed by atoms with Crippen LogP contribution in [-0.4, -0.2) is 47.8 Å². The standard InChI is InChI=1S/C14H15F3N2O.C4H4O4/c1-9-8-18-3-4-19(9)12-7-11(14(15,16)17)6-10-2-5-20-13(10)12;5-3(6)1-2-4(7)8/h2,5-7,9,18H,3-4,8H2,1H3;1-2H,(H,5,6)(H,7,8)/b;2-1+/t9-;/m0./s1. The number of rotatable bonds is 3. The van der Waals surface area contributed by atoms with E-state index in [9.17, 15) is 22.8 Å². The van der Waals surface area contributed by atoms with Gasteiger partial charge in [0.2, 0.25) is 0 Å². The summed E-state index contributed by atoms with van der Waals surface area (Å²) in [6, 6.07) is 4.02. The summed E-state index contributed by atoms with van der Waals surface area (Å²) in [6.07, 6.45) is -1.80. The second-order valence-corrected chi connectivity index (χ2v) is 6.09. The number of anilines is 1. The van der Waals surface area contributed by atoms with Crippen molar-refractivity contribution in [3.8, 4) is 0 Å². The molecule has 1 atom stereocenters. The van der Waals surface area contributed by atoms with Crippen LogP contribution in [0.5, 0.6) is 0 Å². The molecule has 1 fully saturated rings. The number of carboxylic acid groups (broad SMARTS) is 2.